The predicted molar refractivity (Wildman–Crippen MR) is 142 cm³/mol. The molecule has 0 radical (unpaired) electrons. The lowest BCUT2D eigenvalue weighted by Crippen LogP contribution is -2.46. The smallest absolute Gasteiger partial charge is 0.263 e. The van der Waals surface area contributed by atoms with Gasteiger partial charge in [0.15, 0.2) is 0 Å². The second-order valence-corrected chi connectivity index (χ2v) is 9.99. The van der Waals surface area contributed by atoms with Gasteiger partial charge in [-0.15, -0.1) is 0 Å². The molecule has 0 unspecified atom stereocenters. The Bertz CT molecular complexity index is 1440. The highest BCUT2D eigenvalue weighted by Crippen LogP contribution is 2.27. The maximum absolute atomic E-state index is 12.9. The molecule has 1 N–H and O–H groups in total. The first-order valence-electron chi connectivity index (χ1n) is 11.2. The highest BCUT2D eigenvalue weighted by Gasteiger charge is 2.29. The summed E-state index contributed by atoms with van der Waals surface area (Å²) in [6, 6.07) is 23.6. The van der Waals surface area contributed by atoms with Crippen molar-refractivity contribution < 1.29 is 17.9 Å². The van der Waals surface area contributed by atoms with E-state index < -0.39 is 22.0 Å². The van der Waals surface area contributed by atoms with Crippen LogP contribution in [0.1, 0.15) is 19.4 Å². The summed E-state index contributed by atoms with van der Waals surface area (Å²) in [4.78, 5) is 12.9. The van der Waals surface area contributed by atoms with Crippen molar-refractivity contribution in [3.05, 3.63) is 84.4 Å². The van der Waals surface area contributed by atoms with Crippen molar-refractivity contribution in [2.45, 2.75) is 19.9 Å². The highest BCUT2D eigenvalue weighted by molar-refractivity contribution is 7.92. The van der Waals surface area contributed by atoms with E-state index in [0.29, 0.717) is 18.0 Å². The number of anilines is 1. The van der Waals surface area contributed by atoms with E-state index in [4.69, 9.17) is 4.74 Å². The van der Waals surface area contributed by atoms with Gasteiger partial charge in [-0.05, 0) is 65.7 Å². The van der Waals surface area contributed by atoms with E-state index in [2.05, 4.69) is 16.6 Å². The van der Waals surface area contributed by atoms with Gasteiger partial charge in [0.05, 0.1) is 24.8 Å². The fourth-order valence-corrected chi connectivity index (χ4v) is 5.28. The monoisotopic (exact) mass is 489 g/mol. The van der Waals surface area contributed by atoms with Crippen LogP contribution in [0, 0.1) is 0 Å². The van der Waals surface area contributed by atoms with Crippen LogP contribution in [0.25, 0.3) is 21.5 Å². The second kappa shape index (κ2) is 10.1. The van der Waals surface area contributed by atoms with Crippen LogP contribution in [0.3, 0.4) is 0 Å². The summed E-state index contributed by atoms with van der Waals surface area (Å²) < 4.78 is 31.6. The number of hydrogen-bond acceptors (Lipinski definition) is 5. The van der Waals surface area contributed by atoms with E-state index in [-0.39, 0.29) is 0 Å². The van der Waals surface area contributed by atoms with Gasteiger partial charge in [-0.25, -0.2) is 13.8 Å². The first-order valence-corrected chi connectivity index (χ1v) is 13.1. The molecular weight excluding hydrogens is 462 g/mol. The molecule has 4 rings (SSSR count). The number of nitrogens with one attached hydrogen (secondary N) is 1. The minimum atomic E-state index is -3.74. The van der Waals surface area contributed by atoms with Crippen molar-refractivity contribution >= 4 is 49.4 Å². The molecule has 4 aromatic rings. The fourth-order valence-electron chi connectivity index (χ4n) is 4.11. The summed E-state index contributed by atoms with van der Waals surface area (Å²) in [5.74, 6) is 0.0684. The number of hydrogen-bond donors (Lipinski definition) is 1. The molecule has 0 aromatic heterocycles. The third-order valence-corrected chi connectivity index (χ3v) is 6.91. The van der Waals surface area contributed by atoms with E-state index in [1.165, 1.54) is 6.92 Å². The fraction of sp³-hybridized carbons (Fsp3) is 0.185. The third-order valence-electron chi connectivity index (χ3n) is 5.67. The number of carbonyl (C=O) groups excluding carboxylic acids is 1. The first kappa shape index (κ1) is 24.2. The van der Waals surface area contributed by atoms with Gasteiger partial charge in [0.2, 0.25) is 10.0 Å². The first-order chi connectivity index (χ1) is 16.8. The van der Waals surface area contributed by atoms with Crippen molar-refractivity contribution in [3.8, 4) is 5.75 Å². The zero-order chi connectivity index (χ0) is 25.0. The maximum Gasteiger partial charge on any atom is 0.263 e. The lowest BCUT2D eigenvalue weighted by atomic mass is 9.97. The van der Waals surface area contributed by atoms with Gasteiger partial charge in [-0.2, -0.15) is 5.10 Å². The number of hydrazone groups is 1. The Morgan fingerprint density at radius 2 is 1.57 bits per heavy atom. The number of sulfonamides is 1. The molecule has 35 heavy (non-hydrogen) atoms. The molecule has 0 heterocycles. The van der Waals surface area contributed by atoms with Crippen LogP contribution in [-0.4, -0.2) is 39.4 Å². The molecule has 0 spiro atoms. The zero-order valence-corrected chi connectivity index (χ0v) is 20.6. The molecule has 1 atom stereocenters. The van der Waals surface area contributed by atoms with Crippen LogP contribution in [0.4, 0.5) is 5.69 Å². The molecular formula is C27H27N3O4S. The molecule has 0 saturated heterocycles. The molecule has 1 amide bonds. The maximum atomic E-state index is 12.9. The molecule has 0 bridgehead atoms. The summed E-state index contributed by atoms with van der Waals surface area (Å²) in [5.41, 5.74) is 3.75. The van der Waals surface area contributed by atoms with Crippen LogP contribution in [0.2, 0.25) is 0 Å². The average molecular weight is 490 g/mol. The number of fused-ring (bicyclic) bond motifs is 2. The summed E-state index contributed by atoms with van der Waals surface area (Å²) >= 11 is 0. The zero-order valence-electron chi connectivity index (χ0n) is 19.8. The standard InChI is InChI=1S/C27H27N3O4S/c1-4-34-23-15-13-22(14-16-23)30(35(3,32)33)19(2)27(31)29-28-18-26-24-11-7-5-9-20(24)17-21-10-6-8-12-25(21)26/h5-19H,4H2,1-3H3,(H,29,31)/b28-18-/t19-/m0/s1. The molecule has 8 heteroatoms. The van der Waals surface area contributed by atoms with Gasteiger partial charge in [-0.3, -0.25) is 9.10 Å². The van der Waals surface area contributed by atoms with Crippen LogP contribution in [-0.2, 0) is 14.8 Å². The lowest BCUT2D eigenvalue weighted by molar-refractivity contribution is -0.121. The van der Waals surface area contributed by atoms with Gasteiger partial charge in [0.1, 0.15) is 11.8 Å². The van der Waals surface area contributed by atoms with Crippen molar-refractivity contribution in [1.29, 1.82) is 0 Å². The second-order valence-electron chi connectivity index (χ2n) is 8.13. The van der Waals surface area contributed by atoms with Gasteiger partial charge >= 0.3 is 0 Å². The lowest BCUT2D eigenvalue weighted by Gasteiger charge is -2.27. The molecule has 0 aliphatic rings. The number of carbonyl (C=O) groups is 1. The quantitative estimate of drug-likeness (QED) is 0.221. The molecule has 0 saturated carbocycles. The number of rotatable bonds is 8. The van der Waals surface area contributed by atoms with Crippen molar-refractivity contribution in [2.75, 3.05) is 17.2 Å². The summed E-state index contributed by atoms with van der Waals surface area (Å²) in [6.07, 6.45) is 2.68. The van der Waals surface area contributed by atoms with E-state index >= 15 is 0 Å². The van der Waals surface area contributed by atoms with Crippen molar-refractivity contribution in [3.63, 3.8) is 0 Å². The predicted octanol–water partition coefficient (Wildman–Crippen LogP) is 4.70. The van der Waals surface area contributed by atoms with E-state index in [0.717, 1.165) is 37.7 Å². The molecule has 4 aromatic carbocycles. The summed E-state index contributed by atoms with van der Waals surface area (Å²) in [5, 5.41) is 8.32. The molecule has 0 fully saturated rings. The Balaban J connectivity index is 1.60. The number of amides is 1. The van der Waals surface area contributed by atoms with Crippen LogP contribution in [0.5, 0.6) is 5.75 Å². The largest absolute Gasteiger partial charge is 0.494 e. The van der Waals surface area contributed by atoms with Crippen molar-refractivity contribution in [1.82, 2.24) is 5.43 Å². The summed E-state index contributed by atoms with van der Waals surface area (Å²) in [7, 11) is -3.74. The Morgan fingerprint density at radius 1 is 1.00 bits per heavy atom. The Labute approximate surface area is 205 Å². The van der Waals surface area contributed by atoms with Gasteiger partial charge < -0.3 is 4.74 Å². The number of nitrogens with zero attached hydrogens (tertiary/aromatic N) is 2. The van der Waals surface area contributed by atoms with E-state index in [1.807, 2.05) is 55.5 Å². The normalized spacial score (nSPS) is 12.7. The third kappa shape index (κ3) is 5.27. The minimum Gasteiger partial charge on any atom is -0.494 e. The molecule has 0 aliphatic heterocycles. The van der Waals surface area contributed by atoms with Crippen LogP contribution < -0.4 is 14.5 Å². The summed E-state index contributed by atoms with van der Waals surface area (Å²) in [6.45, 7) is 3.89. The average Bonchev–Trinajstić information content (AvgIpc) is 2.84. The van der Waals surface area contributed by atoms with E-state index in [9.17, 15) is 13.2 Å². The SMILES string of the molecule is CCOc1ccc(N([C@@H](C)C(=O)N/N=C\c2c3ccccc3cc3ccccc23)S(C)(=O)=O)cc1. The van der Waals surface area contributed by atoms with Crippen LogP contribution >= 0.6 is 0 Å². The van der Waals surface area contributed by atoms with Gasteiger partial charge in [-0.1, -0.05) is 48.5 Å². The Kier molecular flexibility index (Phi) is 7.02. The van der Waals surface area contributed by atoms with E-state index in [1.54, 1.807) is 30.5 Å². The molecule has 0 aliphatic carbocycles. The Morgan fingerprint density at radius 3 is 2.11 bits per heavy atom. The number of ether oxygens (including phenoxy) is 1. The van der Waals surface area contributed by atoms with Gasteiger partial charge in [0, 0.05) is 5.56 Å². The van der Waals surface area contributed by atoms with Crippen molar-refractivity contribution in [2.24, 2.45) is 5.10 Å². The minimum absolute atomic E-state index is 0.364. The van der Waals surface area contributed by atoms with Crippen LogP contribution in [0.15, 0.2) is 84.0 Å². The Hall–Kier alpha value is -3.91. The molecule has 180 valence electrons. The number of benzene rings is 4. The van der Waals surface area contributed by atoms with Gasteiger partial charge in [0.25, 0.3) is 5.91 Å². The highest BCUT2D eigenvalue weighted by atomic mass is 32.2. The topological polar surface area (TPSA) is 88.1 Å². The molecule has 7 nitrogen and oxygen atoms in total.